The van der Waals surface area contributed by atoms with Crippen LogP contribution < -0.4 is 5.32 Å². The molecule has 0 bridgehead atoms. The van der Waals surface area contributed by atoms with E-state index in [-0.39, 0.29) is 5.91 Å². The Kier molecular flexibility index (Phi) is 1.63. The summed E-state index contributed by atoms with van der Waals surface area (Å²) in [5, 5.41) is 10.0. The van der Waals surface area contributed by atoms with E-state index in [9.17, 15) is 4.79 Å². The molecular formula is C10H13N3O. The summed E-state index contributed by atoms with van der Waals surface area (Å²) in [6.45, 7) is 0. The van der Waals surface area contributed by atoms with Gasteiger partial charge in [-0.15, -0.1) is 0 Å². The Hall–Kier alpha value is -1.32. The molecule has 4 nitrogen and oxygen atoms in total. The van der Waals surface area contributed by atoms with Crippen LogP contribution in [0.25, 0.3) is 0 Å². The molecule has 0 spiro atoms. The maximum absolute atomic E-state index is 11.1. The number of fused-ring (bicyclic) bond motifs is 1. The molecule has 0 aromatic carbocycles. The Balaban J connectivity index is 1.95. The van der Waals surface area contributed by atoms with E-state index in [1.807, 2.05) is 0 Å². The average Bonchev–Trinajstić information content (AvgIpc) is 2.45. The standard InChI is InChI=1S/C10H13N3O/c14-8-5-4-7-9(6-2-1-3-6)12-13-10(7)11-8/h6H,1-5H2,(H2,11,12,13,14). The van der Waals surface area contributed by atoms with Crippen LogP contribution in [0.4, 0.5) is 5.82 Å². The molecule has 0 radical (unpaired) electrons. The van der Waals surface area contributed by atoms with Gasteiger partial charge in [0.25, 0.3) is 0 Å². The maximum Gasteiger partial charge on any atom is 0.225 e. The van der Waals surface area contributed by atoms with Crippen LogP contribution in [-0.2, 0) is 11.2 Å². The molecule has 4 heteroatoms. The highest BCUT2D eigenvalue weighted by molar-refractivity contribution is 5.92. The van der Waals surface area contributed by atoms with E-state index in [2.05, 4.69) is 15.5 Å². The fraction of sp³-hybridized carbons (Fsp3) is 0.600. The van der Waals surface area contributed by atoms with E-state index >= 15 is 0 Å². The second-order valence-electron chi connectivity index (χ2n) is 4.14. The molecule has 1 aromatic rings. The van der Waals surface area contributed by atoms with Gasteiger partial charge < -0.3 is 5.32 Å². The van der Waals surface area contributed by atoms with Crippen molar-refractivity contribution in [2.75, 3.05) is 5.32 Å². The predicted molar refractivity (Wildman–Crippen MR) is 52.1 cm³/mol. The summed E-state index contributed by atoms with van der Waals surface area (Å²) in [5.41, 5.74) is 2.51. The minimum atomic E-state index is 0.0872. The number of aromatic amines is 1. The van der Waals surface area contributed by atoms with Crippen LogP contribution in [0.3, 0.4) is 0 Å². The zero-order valence-corrected chi connectivity index (χ0v) is 7.97. The predicted octanol–water partition coefficient (Wildman–Crippen LogP) is 1.56. The lowest BCUT2D eigenvalue weighted by molar-refractivity contribution is -0.116. The van der Waals surface area contributed by atoms with Gasteiger partial charge in [0.2, 0.25) is 5.91 Å². The number of carbonyl (C=O) groups is 1. The summed E-state index contributed by atoms with van der Waals surface area (Å²) in [7, 11) is 0. The van der Waals surface area contributed by atoms with Gasteiger partial charge >= 0.3 is 0 Å². The fourth-order valence-corrected chi connectivity index (χ4v) is 2.20. The number of anilines is 1. The number of aromatic nitrogens is 2. The average molecular weight is 191 g/mol. The summed E-state index contributed by atoms with van der Waals surface area (Å²) in [4.78, 5) is 11.1. The molecule has 14 heavy (non-hydrogen) atoms. The van der Waals surface area contributed by atoms with E-state index < -0.39 is 0 Å². The van der Waals surface area contributed by atoms with Gasteiger partial charge in [0.1, 0.15) is 0 Å². The third-order valence-electron chi connectivity index (χ3n) is 3.27. The van der Waals surface area contributed by atoms with Crippen molar-refractivity contribution in [2.24, 2.45) is 0 Å². The molecule has 1 fully saturated rings. The van der Waals surface area contributed by atoms with Crippen LogP contribution in [0.1, 0.15) is 42.9 Å². The third kappa shape index (κ3) is 1.06. The van der Waals surface area contributed by atoms with Gasteiger partial charge in [0, 0.05) is 23.6 Å². The van der Waals surface area contributed by atoms with Crippen molar-refractivity contribution in [3.8, 4) is 0 Å². The van der Waals surface area contributed by atoms with Gasteiger partial charge in [-0.2, -0.15) is 5.10 Å². The summed E-state index contributed by atoms with van der Waals surface area (Å²) < 4.78 is 0. The van der Waals surface area contributed by atoms with Crippen LogP contribution >= 0.6 is 0 Å². The smallest absolute Gasteiger partial charge is 0.225 e. The highest BCUT2D eigenvalue weighted by atomic mass is 16.1. The molecular weight excluding hydrogens is 178 g/mol. The van der Waals surface area contributed by atoms with Gasteiger partial charge in [0.15, 0.2) is 5.82 Å². The number of rotatable bonds is 1. The Morgan fingerprint density at radius 3 is 2.86 bits per heavy atom. The SMILES string of the molecule is O=C1CCc2c(n[nH]c2C2CCC2)N1. The zero-order chi connectivity index (χ0) is 9.54. The van der Waals surface area contributed by atoms with Crippen LogP contribution in [0, 0.1) is 0 Å². The van der Waals surface area contributed by atoms with E-state index in [1.54, 1.807) is 0 Å². The molecule has 1 aliphatic carbocycles. The first-order valence-electron chi connectivity index (χ1n) is 5.21. The van der Waals surface area contributed by atoms with Crippen molar-refractivity contribution in [2.45, 2.75) is 38.0 Å². The quantitative estimate of drug-likeness (QED) is 0.707. The van der Waals surface area contributed by atoms with Crippen LogP contribution in [0.5, 0.6) is 0 Å². The zero-order valence-electron chi connectivity index (χ0n) is 7.97. The van der Waals surface area contributed by atoms with Crippen LogP contribution in [0.15, 0.2) is 0 Å². The van der Waals surface area contributed by atoms with Crippen LogP contribution in [-0.4, -0.2) is 16.1 Å². The Morgan fingerprint density at radius 2 is 2.14 bits per heavy atom. The lowest BCUT2D eigenvalue weighted by Gasteiger charge is -2.25. The Labute approximate surface area is 82.1 Å². The summed E-state index contributed by atoms with van der Waals surface area (Å²) >= 11 is 0. The van der Waals surface area contributed by atoms with Crippen molar-refractivity contribution >= 4 is 11.7 Å². The maximum atomic E-state index is 11.1. The molecule has 2 heterocycles. The van der Waals surface area contributed by atoms with Gasteiger partial charge in [-0.05, 0) is 19.3 Å². The number of nitrogens with zero attached hydrogens (tertiary/aromatic N) is 1. The lowest BCUT2D eigenvalue weighted by Crippen LogP contribution is -2.20. The summed E-state index contributed by atoms with van der Waals surface area (Å²) in [6, 6.07) is 0. The minimum absolute atomic E-state index is 0.0872. The summed E-state index contributed by atoms with van der Waals surface area (Å²) in [6.07, 6.45) is 5.31. The Bertz CT molecular complexity index is 379. The first-order chi connectivity index (χ1) is 6.84. The number of hydrogen-bond donors (Lipinski definition) is 2. The van der Waals surface area contributed by atoms with Crippen molar-refractivity contribution in [3.05, 3.63) is 11.3 Å². The molecule has 1 aliphatic heterocycles. The number of nitrogens with one attached hydrogen (secondary N) is 2. The van der Waals surface area contributed by atoms with Crippen molar-refractivity contribution in [3.63, 3.8) is 0 Å². The molecule has 0 saturated heterocycles. The monoisotopic (exact) mass is 191 g/mol. The van der Waals surface area contributed by atoms with Gasteiger partial charge in [0.05, 0.1) is 0 Å². The van der Waals surface area contributed by atoms with Gasteiger partial charge in [-0.3, -0.25) is 9.89 Å². The molecule has 0 unspecified atom stereocenters. The minimum Gasteiger partial charge on any atom is -0.309 e. The number of carbonyl (C=O) groups excluding carboxylic acids is 1. The molecule has 2 N–H and O–H groups in total. The Morgan fingerprint density at radius 1 is 1.29 bits per heavy atom. The van der Waals surface area contributed by atoms with E-state index in [0.29, 0.717) is 12.3 Å². The first kappa shape index (κ1) is 8.03. The molecule has 74 valence electrons. The molecule has 0 atom stereocenters. The molecule has 1 aromatic heterocycles. The first-order valence-corrected chi connectivity index (χ1v) is 5.21. The lowest BCUT2D eigenvalue weighted by atomic mass is 9.80. The second kappa shape index (κ2) is 2.83. The van der Waals surface area contributed by atoms with Crippen LogP contribution in [0.2, 0.25) is 0 Å². The number of amides is 1. The molecule has 3 rings (SSSR count). The second-order valence-corrected chi connectivity index (χ2v) is 4.14. The topological polar surface area (TPSA) is 57.8 Å². The van der Waals surface area contributed by atoms with Gasteiger partial charge in [-0.25, -0.2) is 0 Å². The highest BCUT2D eigenvalue weighted by Gasteiger charge is 2.28. The summed E-state index contributed by atoms with van der Waals surface area (Å²) in [5.74, 6) is 1.52. The van der Waals surface area contributed by atoms with Crippen molar-refractivity contribution < 1.29 is 4.79 Å². The third-order valence-corrected chi connectivity index (χ3v) is 3.27. The normalized spacial score (nSPS) is 21.3. The van der Waals surface area contributed by atoms with Gasteiger partial charge in [-0.1, -0.05) is 6.42 Å². The number of H-pyrrole nitrogens is 1. The molecule has 1 amide bonds. The van der Waals surface area contributed by atoms with Crippen molar-refractivity contribution in [1.82, 2.24) is 10.2 Å². The van der Waals surface area contributed by atoms with E-state index in [1.165, 1.54) is 30.5 Å². The number of hydrogen-bond acceptors (Lipinski definition) is 2. The highest BCUT2D eigenvalue weighted by Crippen LogP contribution is 2.39. The molecule has 2 aliphatic rings. The van der Waals surface area contributed by atoms with Crippen molar-refractivity contribution in [1.29, 1.82) is 0 Å². The van der Waals surface area contributed by atoms with E-state index in [4.69, 9.17) is 0 Å². The fourth-order valence-electron chi connectivity index (χ4n) is 2.20. The largest absolute Gasteiger partial charge is 0.309 e. The molecule has 1 saturated carbocycles. The van der Waals surface area contributed by atoms with E-state index in [0.717, 1.165) is 12.2 Å².